The van der Waals surface area contributed by atoms with Gasteiger partial charge in [0.1, 0.15) is 12.4 Å². The molecule has 0 aromatic heterocycles. The van der Waals surface area contributed by atoms with Crippen LogP contribution in [0.25, 0.3) is 0 Å². The van der Waals surface area contributed by atoms with Crippen molar-refractivity contribution < 1.29 is 13.9 Å². The Kier molecular flexibility index (Phi) is 5.42. The average molecular weight is 406 g/mol. The van der Waals surface area contributed by atoms with Crippen LogP contribution in [0.5, 0.6) is 0 Å². The number of benzene rings is 2. The summed E-state index contributed by atoms with van der Waals surface area (Å²) in [5.41, 5.74) is 2.11. The molecular formula is C20H21BrFNO2. The van der Waals surface area contributed by atoms with Crippen LogP contribution >= 0.6 is 15.9 Å². The third kappa shape index (κ3) is 3.87. The zero-order chi connectivity index (χ0) is 18.0. The maximum atomic E-state index is 14.3. The Bertz CT molecular complexity index is 764. The lowest BCUT2D eigenvalue weighted by Gasteiger charge is -2.38. The van der Waals surface area contributed by atoms with Crippen molar-refractivity contribution in [1.82, 2.24) is 0 Å². The van der Waals surface area contributed by atoms with Gasteiger partial charge >= 0.3 is 6.09 Å². The number of hydrogen-bond donors (Lipinski definition) is 0. The smallest absolute Gasteiger partial charge is 0.414 e. The molecule has 1 aliphatic rings. The van der Waals surface area contributed by atoms with Gasteiger partial charge < -0.3 is 4.74 Å². The second-order valence-corrected chi connectivity index (χ2v) is 7.56. The van der Waals surface area contributed by atoms with Crippen molar-refractivity contribution >= 4 is 27.7 Å². The zero-order valence-electron chi connectivity index (χ0n) is 14.3. The first-order chi connectivity index (χ1) is 12.0. The molecule has 1 aliphatic heterocycles. The van der Waals surface area contributed by atoms with E-state index in [2.05, 4.69) is 29.8 Å². The van der Waals surface area contributed by atoms with Crippen LogP contribution < -0.4 is 4.90 Å². The molecule has 5 heteroatoms. The lowest BCUT2D eigenvalue weighted by molar-refractivity contribution is 0.141. The van der Waals surface area contributed by atoms with Gasteiger partial charge in [-0.2, -0.15) is 0 Å². The molecule has 0 radical (unpaired) electrons. The summed E-state index contributed by atoms with van der Waals surface area (Å²) in [6, 6.07) is 12.8. The Labute approximate surface area is 155 Å². The Balaban J connectivity index is 1.89. The highest BCUT2D eigenvalue weighted by molar-refractivity contribution is 9.10. The summed E-state index contributed by atoms with van der Waals surface area (Å²) in [6.45, 7) is 4.34. The van der Waals surface area contributed by atoms with Crippen molar-refractivity contribution in [1.29, 1.82) is 0 Å². The summed E-state index contributed by atoms with van der Waals surface area (Å²) in [5, 5.41) is 0. The van der Waals surface area contributed by atoms with Gasteiger partial charge in [0.25, 0.3) is 0 Å². The molecule has 0 saturated carbocycles. The quantitative estimate of drug-likeness (QED) is 0.654. The first-order valence-electron chi connectivity index (χ1n) is 8.45. The summed E-state index contributed by atoms with van der Waals surface area (Å²) in [4.78, 5) is 14.5. The summed E-state index contributed by atoms with van der Waals surface area (Å²) in [5.74, 6) is -0.0353. The molecule has 0 bridgehead atoms. The van der Waals surface area contributed by atoms with Crippen molar-refractivity contribution in [3.63, 3.8) is 0 Å². The van der Waals surface area contributed by atoms with Crippen molar-refractivity contribution in [2.45, 2.75) is 39.3 Å². The number of carbonyl (C=O) groups is 1. The number of amides is 1. The predicted molar refractivity (Wildman–Crippen MR) is 100 cm³/mol. The Hall–Kier alpha value is -1.88. The fraction of sp³-hybridized carbons (Fsp3) is 0.350. The van der Waals surface area contributed by atoms with E-state index in [1.54, 1.807) is 11.0 Å². The molecule has 1 unspecified atom stereocenters. The zero-order valence-corrected chi connectivity index (χ0v) is 15.9. The van der Waals surface area contributed by atoms with Gasteiger partial charge in [-0.1, -0.05) is 60.1 Å². The number of nitrogens with zero attached hydrogens (tertiary/aromatic N) is 1. The minimum Gasteiger partial charge on any atom is -0.444 e. The molecule has 3 rings (SSSR count). The van der Waals surface area contributed by atoms with Crippen molar-refractivity contribution in [3.05, 3.63) is 63.9 Å². The monoisotopic (exact) mass is 405 g/mol. The largest absolute Gasteiger partial charge is 0.444 e. The van der Waals surface area contributed by atoms with Gasteiger partial charge in [0, 0.05) is 16.1 Å². The van der Waals surface area contributed by atoms with Crippen LogP contribution in [-0.2, 0) is 17.8 Å². The standard InChI is InChI=1S/C20H21BrFNO2/c1-13(2)18-9-8-16-17(22)10-15(21)11-19(16)23(18)20(24)25-12-14-6-4-3-5-7-14/h3-7,10-11,13,18H,8-9,12H2,1-2H3. The van der Waals surface area contributed by atoms with Crippen molar-refractivity contribution in [3.8, 4) is 0 Å². The highest BCUT2D eigenvalue weighted by atomic mass is 79.9. The SMILES string of the molecule is CC(C)C1CCc2c(F)cc(Br)cc2N1C(=O)OCc1ccccc1. The topological polar surface area (TPSA) is 29.5 Å². The van der Waals surface area contributed by atoms with Crippen LogP contribution in [0.2, 0.25) is 0 Å². The Morgan fingerprint density at radius 2 is 2.04 bits per heavy atom. The van der Waals surface area contributed by atoms with Crippen LogP contribution in [0.15, 0.2) is 46.9 Å². The van der Waals surface area contributed by atoms with E-state index in [9.17, 15) is 9.18 Å². The number of fused-ring (bicyclic) bond motifs is 1. The minimum absolute atomic E-state index is 0.00975. The number of carbonyl (C=O) groups excluding carboxylic acids is 1. The molecule has 1 atom stereocenters. The molecule has 1 amide bonds. The van der Waals surface area contributed by atoms with Crippen LogP contribution in [0.4, 0.5) is 14.9 Å². The van der Waals surface area contributed by atoms with Crippen molar-refractivity contribution in [2.75, 3.05) is 4.90 Å². The molecule has 3 nitrogen and oxygen atoms in total. The van der Waals surface area contributed by atoms with E-state index in [0.717, 1.165) is 12.0 Å². The van der Waals surface area contributed by atoms with Crippen LogP contribution in [0, 0.1) is 11.7 Å². The van der Waals surface area contributed by atoms with Gasteiger partial charge in [0.15, 0.2) is 0 Å². The number of ether oxygens (including phenoxy) is 1. The Morgan fingerprint density at radius 1 is 1.32 bits per heavy atom. The van der Waals surface area contributed by atoms with Gasteiger partial charge in [0.2, 0.25) is 0 Å². The number of anilines is 1. The maximum Gasteiger partial charge on any atom is 0.414 e. The highest BCUT2D eigenvalue weighted by Crippen LogP contribution is 2.37. The summed E-state index contributed by atoms with van der Waals surface area (Å²) in [7, 11) is 0. The van der Waals surface area contributed by atoms with Crippen LogP contribution in [0.3, 0.4) is 0 Å². The molecule has 0 N–H and O–H groups in total. The minimum atomic E-state index is -0.430. The maximum absolute atomic E-state index is 14.3. The first-order valence-corrected chi connectivity index (χ1v) is 9.24. The third-order valence-electron chi connectivity index (χ3n) is 4.59. The molecule has 0 fully saturated rings. The summed E-state index contributed by atoms with van der Waals surface area (Å²) < 4.78 is 20.5. The van der Waals surface area contributed by atoms with E-state index >= 15 is 0 Å². The lowest BCUT2D eigenvalue weighted by atomic mass is 9.89. The second kappa shape index (κ2) is 7.56. The molecule has 2 aromatic carbocycles. The summed E-state index contributed by atoms with van der Waals surface area (Å²) in [6.07, 6.45) is 0.921. The molecule has 25 heavy (non-hydrogen) atoms. The molecular weight excluding hydrogens is 385 g/mol. The fourth-order valence-electron chi connectivity index (χ4n) is 3.31. The van der Waals surface area contributed by atoms with Gasteiger partial charge in [-0.05, 0) is 36.5 Å². The van der Waals surface area contributed by atoms with Crippen LogP contribution in [0.1, 0.15) is 31.4 Å². The van der Waals surface area contributed by atoms with E-state index in [4.69, 9.17) is 4.74 Å². The number of halogens is 2. The molecule has 0 saturated heterocycles. The van der Waals surface area contributed by atoms with E-state index in [1.807, 2.05) is 30.3 Å². The third-order valence-corrected chi connectivity index (χ3v) is 5.05. The second-order valence-electron chi connectivity index (χ2n) is 6.65. The fourth-order valence-corrected chi connectivity index (χ4v) is 3.72. The number of hydrogen-bond acceptors (Lipinski definition) is 2. The van der Waals surface area contributed by atoms with E-state index in [0.29, 0.717) is 22.1 Å². The number of rotatable bonds is 3. The lowest BCUT2D eigenvalue weighted by Crippen LogP contribution is -2.47. The average Bonchev–Trinajstić information content (AvgIpc) is 2.59. The Morgan fingerprint density at radius 3 is 2.72 bits per heavy atom. The predicted octanol–water partition coefficient (Wildman–Crippen LogP) is 5.70. The highest BCUT2D eigenvalue weighted by Gasteiger charge is 2.35. The van der Waals surface area contributed by atoms with E-state index in [-0.39, 0.29) is 24.4 Å². The van der Waals surface area contributed by atoms with Gasteiger partial charge in [-0.15, -0.1) is 0 Å². The van der Waals surface area contributed by atoms with Crippen LogP contribution in [-0.4, -0.2) is 12.1 Å². The normalized spacial score (nSPS) is 16.7. The first kappa shape index (κ1) is 17.9. The van der Waals surface area contributed by atoms with Gasteiger partial charge in [-0.25, -0.2) is 9.18 Å². The molecule has 132 valence electrons. The molecule has 1 heterocycles. The molecule has 2 aromatic rings. The van der Waals surface area contributed by atoms with Gasteiger partial charge in [-0.3, -0.25) is 4.90 Å². The molecule has 0 spiro atoms. The van der Waals surface area contributed by atoms with Gasteiger partial charge in [0.05, 0.1) is 5.69 Å². The van der Waals surface area contributed by atoms with E-state index in [1.165, 1.54) is 6.07 Å². The summed E-state index contributed by atoms with van der Waals surface area (Å²) >= 11 is 3.33. The van der Waals surface area contributed by atoms with Crippen molar-refractivity contribution in [2.24, 2.45) is 5.92 Å². The molecule has 0 aliphatic carbocycles. The van der Waals surface area contributed by atoms with E-state index < -0.39 is 6.09 Å².